The van der Waals surface area contributed by atoms with Gasteiger partial charge in [-0.15, -0.1) is 0 Å². The summed E-state index contributed by atoms with van der Waals surface area (Å²) in [5, 5.41) is 3.50. The summed E-state index contributed by atoms with van der Waals surface area (Å²) in [7, 11) is 0. The maximum atomic E-state index is 5.95. The molecule has 0 aromatic rings. The van der Waals surface area contributed by atoms with E-state index < -0.39 is 0 Å². The summed E-state index contributed by atoms with van der Waals surface area (Å²) < 4.78 is 5.95. The second-order valence-corrected chi connectivity index (χ2v) is 6.56. The molecule has 0 amide bonds. The Morgan fingerprint density at radius 1 is 1.25 bits per heavy atom. The molecule has 2 aliphatic rings. The fraction of sp³-hybridized carbons (Fsp3) is 1.00. The highest BCUT2D eigenvalue weighted by atomic mass is 16.5. The Labute approximate surface area is 100 Å². The third-order valence-corrected chi connectivity index (χ3v) is 4.94. The summed E-state index contributed by atoms with van der Waals surface area (Å²) >= 11 is 0. The van der Waals surface area contributed by atoms with Crippen molar-refractivity contribution in [2.45, 2.75) is 46.6 Å². The Bertz CT molecular complexity index is 231. The fourth-order valence-electron chi connectivity index (χ4n) is 3.26. The van der Waals surface area contributed by atoms with Crippen LogP contribution in [0.15, 0.2) is 0 Å². The molecule has 0 spiro atoms. The maximum Gasteiger partial charge on any atom is 0.0601 e. The van der Waals surface area contributed by atoms with Gasteiger partial charge in [0.15, 0.2) is 0 Å². The van der Waals surface area contributed by atoms with Gasteiger partial charge in [0.05, 0.1) is 12.7 Å². The lowest BCUT2D eigenvalue weighted by Crippen LogP contribution is -2.34. The average Bonchev–Trinajstić information content (AvgIpc) is 2.90. The first-order valence-electron chi connectivity index (χ1n) is 6.84. The molecule has 0 saturated carbocycles. The molecule has 2 heteroatoms. The van der Waals surface area contributed by atoms with Crippen LogP contribution in [0.25, 0.3) is 0 Å². The van der Waals surface area contributed by atoms with Crippen LogP contribution in [0.1, 0.15) is 40.5 Å². The predicted octanol–water partition coefficient (Wildman–Crippen LogP) is 2.68. The Hall–Kier alpha value is -0.0800. The van der Waals surface area contributed by atoms with Crippen LogP contribution in [0, 0.1) is 23.2 Å². The number of hydrogen-bond donors (Lipinski definition) is 1. The van der Waals surface area contributed by atoms with Crippen molar-refractivity contribution in [1.29, 1.82) is 0 Å². The number of nitrogens with one attached hydrogen (secondary N) is 1. The lowest BCUT2D eigenvalue weighted by Gasteiger charge is -2.36. The molecule has 94 valence electrons. The van der Waals surface area contributed by atoms with Crippen molar-refractivity contribution in [3.05, 3.63) is 0 Å². The summed E-state index contributed by atoms with van der Waals surface area (Å²) in [5.41, 5.74) is 0.438. The van der Waals surface area contributed by atoms with Crippen LogP contribution in [-0.4, -0.2) is 25.8 Å². The third kappa shape index (κ3) is 2.28. The van der Waals surface area contributed by atoms with Gasteiger partial charge in [-0.1, -0.05) is 27.7 Å². The SMILES string of the molecule is CC(C)C1CC(C(C)(C)C2CCNC2)CO1. The van der Waals surface area contributed by atoms with Crippen molar-refractivity contribution < 1.29 is 4.74 Å². The Balaban J connectivity index is 1.96. The van der Waals surface area contributed by atoms with Crippen molar-refractivity contribution in [3.8, 4) is 0 Å². The van der Waals surface area contributed by atoms with Crippen LogP contribution in [0.4, 0.5) is 0 Å². The van der Waals surface area contributed by atoms with Crippen molar-refractivity contribution in [1.82, 2.24) is 5.32 Å². The molecule has 2 rings (SSSR count). The van der Waals surface area contributed by atoms with Gasteiger partial charge in [-0.25, -0.2) is 0 Å². The van der Waals surface area contributed by atoms with Crippen LogP contribution >= 0.6 is 0 Å². The van der Waals surface area contributed by atoms with Gasteiger partial charge >= 0.3 is 0 Å². The smallest absolute Gasteiger partial charge is 0.0601 e. The summed E-state index contributed by atoms with van der Waals surface area (Å²) in [4.78, 5) is 0. The molecule has 2 aliphatic heterocycles. The van der Waals surface area contributed by atoms with Crippen molar-refractivity contribution >= 4 is 0 Å². The first-order chi connectivity index (χ1) is 7.51. The van der Waals surface area contributed by atoms with E-state index in [4.69, 9.17) is 4.74 Å². The predicted molar refractivity (Wildman–Crippen MR) is 67.4 cm³/mol. The number of ether oxygens (including phenoxy) is 1. The minimum atomic E-state index is 0.438. The van der Waals surface area contributed by atoms with Gasteiger partial charge in [-0.05, 0) is 49.1 Å². The summed E-state index contributed by atoms with van der Waals surface area (Å²) in [6.45, 7) is 12.8. The molecule has 3 atom stereocenters. The summed E-state index contributed by atoms with van der Waals surface area (Å²) in [6, 6.07) is 0. The zero-order chi connectivity index (χ0) is 11.8. The molecule has 2 fully saturated rings. The Morgan fingerprint density at radius 2 is 2.00 bits per heavy atom. The van der Waals surface area contributed by atoms with E-state index in [-0.39, 0.29) is 0 Å². The Kier molecular flexibility index (Phi) is 3.60. The van der Waals surface area contributed by atoms with Crippen LogP contribution < -0.4 is 5.32 Å². The maximum absolute atomic E-state index is 5.95. The highest BCUT2D eigenvalue weighted by Gasteiger charge is 2.43. The van der Waals surface area contributed by atoms with E-state index in [9.17, 15) is 0 Å². The average molecular weight is 225 g/mol. The molecular formula is C14H27NO. The Morgan fingerprint density at radius 3 is 2.50 bits per heavy atom. The summed E-state index contributed by atoms with van der Waals surface area (Å²) in [6.07, 6.45) is 3.11. The molecule has 1 N–H and O–H groups in total. The topological polar surface area (TPSA) is 21.3 Å². The minimum Gasteiger partial charge on any atom is -0.378 e. The van der Waals surface area contributed by atoms with Gasteiger partial charge in [0, 0.05) is 0 Å². The molecule has 2 nitrogen and oxygen atoms in total. The standard InChI is InChI=1S/C14H27NO/c1-10(2)13-7-12(9-16-13)14(3,4)11-5-6-15-8-11/h10-13,15H,5-9H2,1-4H3. The molecule has 2 heterocycles. The van der Waals surface area contributed by atoms with Gasteiger partial charge in [-0.2, -0.15) is 0 Å². The first-order valence-corrected chi connectivity index (χ1v) is 6.84. The van der Waals surface area contributed by atoms with Crippen molar-refractivity contribution in [3.63, 3.8) is 0 Å². The van der Waals surface area contributed by atoms with Crippen molar-refractivity contribution in [2.24, 2.45) is 23.2 Å². The van der Waals surface area contributed by atoms with Gasteiger partial charge in [-0.3, -0.25) is 0 Å². The number of hydrogen-bond acceptors (Lipinski definition) is 2. The number of rotatable bonds is 3. The molecule has 0 aliphatic carbocycles. The molecule has 0 bridgehead atoms. The van der Waals surface area contributed by atoms with E-state index in [1.807, 2.05) is 0 Å². The van der Waals surface area contributed by atoms with E-state index in [2.05, 4.69) is 33.0 Å². The van der Waals surface area contributed by atoms with E-state index in [1.54, 1.807) is 0 Å². The minimum absolute atomic E-state index is 0.438. The second-order valence-electron chi connectivity index (χ2n) is 6.56. The molecule has 0 aromatic carbocycles. The largest absolute Gasteiger partial charge is 0.378 e. The zero-order valence-corrected chi connectivity index (χ0v) is 11.3. The molecule has 16 heavy (non-hydrogen) atoms. The fourth-order valence-corrected chi connectivity index (χ4v) is 3.26. The van der Waals surface area contributed by atoms with E-state index in [0.29, 0.717) is 17.4 Å². The lowest BCUT2D eigenvalue weighted by molar-refractivity contribution is 0.0592. The van der Waals surface area contributed by atoms with Gasteiger partial charge in [0.25, 0.3) is 0 Å². The van der Waals surface area contributed by atoms with E-state index >= 15 is 0 Å². The molecule has 3 unspecified atom stereocenters. The zero-order valence-electron chi connectivity index (χ0n) is 11.3. The molecular weight excluding hydrogens is 198 g/mol. The highest BCUT2D eigenvalue weighted by Crippen LogP contribution is 2.44. The van der Waals surface area contributed by atoms with Crippen LogP contribution in [-0.2, 0) is 4.74 Å². The van der Waals surface area contributed by atoms with Crippen LogP contribution in [0.2, 0.25) is 0 Å². The lowest BCUT2D eigenvalue weighted by atomic mass is 9.68. The van der Waals surface area contributed by atoms with Crippen LogP contribution in [0.3, 0.4) is 0 Å². The molecule has 0 aromatic heterocycles. The quantitative estimate of drug-likeness (QED) is 0.797. The van der Waals surface area contributed by atoms with Gasteiger partial charge < -0.3 is 10.1 Å². The van der Waals surface area contributed by atoms with Crippen LogP contribution in [0.5, 0.6) is 0 Å². The first kappa shape index (κ1) is 12.4. The molecule has 0 radical (unpaired) electrons. The van der Waals surface area contributed by atoms with Gasteiger partial charge in [0.1, 0.15) is 0 Å². The summed E-state index contributed by atoms with van der Waals surface area (Å²) in [5.74, 6) is 2.26. The van der Waals surface area contributed by atoms with Crippen molar-refractivity contribution in [2.75, 3.05) is 19.7 Å². The third-order valence-electron chi connectivity index (χ3n) is 4.94. The van der Waals surface area contributed by atoms with E-state index in [0.717, 1.165) is 18.4 Å². The highest BCUT2D eigenvalue weighted by molar-refractivity contribution is 4.93. The molecule has 2 saturated heterocycles. The second kappa shape index (κ2) is 4.66. The van der Waals surface area contributed by atoms with E-state index in [1.165, 1.54) is 25.9 Å². The van der Waals surface area contributed by atoms with Gasteiger partial charge in [0.2, 0.25) is 0 Å². The normalized spacial score (nSPS) is 36.2. The monoisotopic (exact) mass is 225 g/mol.